The third kappa shape index (κ3) is 7.49. The molecule has 3 aromatic carbocycles. The molecule has 1 fully saturated rings. The molecule has 2 N–H and O–H groups in total. The van der Waals surface area contributed by atoms with E-state index in [1.807, 2.05) is 56.3 Å². The van der Waals surface area contributed by atoms with Crippen LogP contribution in [0.25, 0.3) is 0 Å². The number of para-hydroxylation sites is 1. The van der Waals surface area contributed by atoms with Gasteiger partial charge >= 0.3 is 6.03 Å². The van der Waals surface area contributed by atoms with Crippen LogP contribution < -0.4 is 10.6 Å². The molecule has 0 aliphatic carbocycles. The Kier molecular flexibility index (Phi) is 11.6. The summed E-state index contributed by atoms with van der Waals surface area (Å²) in [5, 5.41) is 6.01. The average Bonchev–Trinajstić information content (AvgIpc) is 3.22. The Labute approximate surface area is 237 Å². The van der Waals surface area contributed by atoms with Crippen molar-refractivity contribution in [1.29, 1.82) is 0 Å². The van der Waals surface area contributed by atoms with E-state index in [0.29, 0.717) is 0 Å². The molecule has 0 saturated carbocycles. The van der Waals surface area contributed by atoms with Gasteiger partial charge in [-0.2, -0.15) is 35.9 Å². The molecule has 4 nitrogen and oxygen atoms in total. The molecule has 35 heavy (non-hydrogen) atoms. The smallest absolute Gasteiger partial charge is 0.316 e. The minimum Gasteiger partial charge on any atom is -0.316 e. The van der Waals surface area contributed by atoms with Crippen LogP contribution in [0.2, 0.25) is 0 Å². The van der Waals surface area contributed by atoms with Gasteiger partial charge in [0.2, 0.25) is 0 Å². The van der Waals surface area contributed by atoms with Gasteiger partial charge in [0.25, 0.3) is 0 Å². The van der Waals surface area contributed by atoms with Crippen LogP contribution in [-0.2, 0) is 52.2 Å². The summed E-state index contributed by atoms with van der Waals surface area (Å²) >= 11 is 0. The van der Waals surface area contributed by atoms with Crippen LogP contribution in [-0.4, -0.2) is 23.6 Å². The Balaban J connectivity index is 0.00000105. The van der Waals surface area contributed by atoms with Crippen molar-refractivity contribution in [2.45, 2.75) is 53.6 Å². The molecule has 0 atom stereocenters. The molecule has 0 unspecified atom stereocenters. The van der Waals surface area contributed by atoms with E-state index in [2.05, 4.69) is 47.0 Å². The number of anilines is 2. The molecule has 0 bridgehead atoms. The minimum atomic E-state index is -0.184. The van der Waals surface area contributed by atoms with E-state index in [9.17, 15) is 4.79 Å². The van der Waals surface area contributed by atoms with Crippen molar-refractivity contribution in [3.8, 4) is 0 Å². The monoisotopic (exact) mass is 546 g/mol. The first-order valence-corrected chi connectivity index (χ1v) is 12.2. The number of amides is 2. The van der Waals surface area contributed by atoms with E-state index >= 15 is 0 Å². The van der Waals surface area contributed by atoms with Crippen molar-refractivity contribution >= 4 is 17.4 Å². The van der Waals surface area contributed by atoms with E-state index in [-0.39, 0.29) is 46.2 Å². The first-order valence-electron chi connectivity index (χ1n) is 12.2. The summed E-state index contributed by atoms with van der Waals surface area (Å²) in [6.07, 6.45) is 3.69. The van der Waals surface area contributed by atoms with E-state index in [4.69, 9.17) is 0 Å². The second-order valence-electron chi connectivity index (χ2n) is 9.05. The third-order valence-corrected chi connectivity index (χ3v) is 6.87. The number of hydrogen-bond donors (Lipinski definition) is 2. The first kappa shape index (κ1) is 29.2. The van der Waals surface area contributed by atoms with E-state index in [1.54, 1.807) is 0 Å². The van der Waals surface area contributed by atoms with Crippen LogP contribution in [0.4, 0.5) is 16.2 Å². The second kappa shape index (κ2) is 13.9. The molecule has 1 saturated heterocycles. The molecular weight excluding hydrogens is 507 g/mol. The first-order chi connectivity index (χ1) is 16.2. The van der Waals surface area contributed by atoms with Crippen molar-refractivity contribution < 1.29 is 42.0 Å². The van der Waals surface area contributed by atoms with Crippen molar-refractivity contribution in [2.24, 2.45) is 5.92 Å². The predicted molar refractivity (Wildman–Crippen MR) is 143 cm³/mol. The van der Waals surface area contributed by atoms with Gasteiger partial charge in [0.15, 0.2) is 0 Å². The topological polar surface area (TPSA) is 41.1 Å². The number of benzene rings is 3. The molecule has 2 aliphatic heterocycles. The van der Waals surface area contributed by atoms with Gasteiger partial charge in [0.1, 0.15) is 13.1 Å². The summed E-state index contributed by atoms with van der Waals surface area (Å²) < 4.78 is 1.13. The molecular formula is C30H39N3OY. The average molecular weight is 547 g/mol. The number of nitrogens with one attached hydrogen (secondary N) is 2. The fourth-order valence-electron chi connectivity index (χ4n) is 5.23. The Hall–Kier alpha value is -2.01. The maximum Gasteiger partial charge on any atom is 0.323 e. The maximum absolute atomic E-state index is 12.5. The molecule has 1 radical (unpaired) electrons. The summed E-state index contributed by atoms with van der Waals surface area (Å²) in [6, 6.07) is 27.3. The standard InChI is InChI=1S/C27H29N3O.C2H6.CH4.Y/c31-27(28-24-11-5-2-6-12-24)29-26-13-7-10-23-19-30(20-25(23)26)16-14-22(15-17-30)18-21-8-3-1-4-9-21;1-2;;/h1-3,5-13,22H,14-20H2,(H2,28,29,31);1-2H3;1H4;. The van der Waals surface area contributed by atoms with Gasteiger partial charge in [-0.05, 0) is 37.0 Å². The Morgan fingerprint density at radius 3 is 2.37 bits per heavy atom. The summed E-state index contributed by atoms with van der Waals surface area (Å²) in [5.74, 6) is 0.762. The van der Waals surface area contributed by atoms with Crippen LogP contribution in [0, 0.1) is 12.0 Å². The fourth-order valence-corrected chi connectivity index (χ4v) is 5.23. The number of piperidine rings is 1. The number of hydrogen-bond acceptors (Lipinski definition) is 1. The number of urea groups is 1. The van der Waals surface area contributed by atoms with Crippen LogP contribution in [0.15, 0.2) is 72.8 Å². The van der Waals surface area contributed by atoms with Gasteiger partial charge < -0.3 is 15.1 Å². The zero-order valence-electron chi connectivity index (χ0n) is 20.4. The minimum absolute atomic E-state index is 0. The Morgan fingerprint density at radius 2 is 1.69 bits per heavy atom. The van der Waals surface area contributed by atoms with Crippen molar-refractivity contribution in [1.82, 2.24) is 0 Å². The van der Waals surface area contributed by atoms with Crippen molar-refractivity contribution in [3.63, 3.8) is 0 Å². The zero-order valence-corrected chi connectivity index (χ0v) is 23.2. The summed E-state index contributed by atoms with van der Waals surface area (Å²) in [4.78, 5) is 12.5. The molecule has 2 aliphatic rings. The number of carbonyl (C=O) groups excluding carboxylic acids is 1. The maximum atomic E-state index is 12.5. The number of nitrogens with zero attached hydrogens (tertiary/aromatic N) is 1. The zero-order chi connectivity index (χ0) is 23.1. The summed E-state index contributed by atoms with van der Waals surface area (Å²) in [5.41, 5.74) is 5.84. The molecule has 2 heterocycles. The van der Waals surface area contributed by atoms with Crippen molar-refractivity contribution in [3.05, 3.63) is 95.6 Å². The van der Waals surface area contributed by atoms with Gasteiger partial charge in [-0.25, -0.2) is 4.79 Å². The van der Waals surface area contributed by atoms with Gasteiger partial charge in [0, 0.05) is 49.5 Å². The normalized spacial score (nSPS) is 19.8. The van der Waals surface area contributed by atoms with Crippen LogP contribution in [0.5, 0.6) is 0 Å². The van der Waals surface area contributed by atoms with E-state index < -0.39 is 0 Å². The number of rotatable bonds is 4. The quantitative estimate of drug-likeness (QED) is 0.262. The van der Waals surface area contributed by atoms with Crippen LogP contribution >= 0.6 is 0 Å². The van der Waals surface area contributed by atoms with E-state index in [0.717, 1.165) is 41.3 Å². The van der Waals surface area contributed by atoms with Crippen LogP contribution in [0.3, 0.4) is 0 Å². The molecule has 2 amide bonds. The molecule has 0 aromatic heterocycles. The van der Waals surface area contributed by atoms with E-state index in [1.165, 1.54) is 42.6 Å². The second-order valence-corrected chi connectivity index (χ2v) is 9.05. The van der Waals surface area contributed by atoms with Gasteiger partial charge in [-0.3, -0.25) is 0 Å². The van der Waals surface area contributed by atoms with Gasteiger partial charge in [0.05, 0.1) is 18.8 Å². The predicted octanol–water partition coefficient (Wildman–Crippen LogP) is 7.27. The fraction of sp³-hybridized carbons (Fsp3) is 0.367. The van der Waals surface area contributed by atoms with Gasteiger partial charge in [-0.1, -0.05) is 58.0 Å². The largest absolute Gasteiger partial charge is 0.323 e. The Bertz CT molecular complexity index is 1050. The molecule has 1 spiro atoms. The third-order valence-electron chi connectivity index (χ3n) is 6.87. The SMILES string of the molecule is C.CC.O=C(Nc1ccccc1)Nc1cccc2c1C[N+]1(CCC(Cc3c[c-]ccc3)CC1)C2.[Y]. The van der Waals surface area contributed by atoms with Gasteiger partial charge in [-0.15, -0.1) is 0 Å². The molecule has 3 aromatic rings. The number of quaternary nitrogens is 1. The molecule has 5 heteroatoms. The van der Waals surface area contributed by atoms with Crippen molar-refractivity contribution in [2.75, 3.05) is 23.7 Å². The summed E-state index contributed by atoms with van der Waals surface area (Å²) in [7, 11) is 0. The molecule has 183 valence electrons. The number of carbonyl (C=O) groups is 1. The number of fused-ring (bicyclic) bond motifs is 1. The molecule has 5 rings (SSSR count). The Morgan fingerprint density at radius 1 is 0.943 bits per heavy atom. The summed E-state index contributed by atoms with van der Waals surface area (Å²) in [6.45, 7) is 8.52. The van der Waals surface area contributed by atoms with Crippen LogP contribution in [0.1, 0.15) is 50.8 Å².